The molecule has 1 aromatic rings. The van der Waals surface area contributed by atoms with E-state index in [-0.39, 0.29) is 11.3 Å². The number of alkyl halides is 5. The van der Waals surface area contributed by atoms with Crippen molar-refractivity contribution in [3.63, 3.8) is 0 Å². The van der Waals surface area contributed by atoms with E-state index >= 15 is 0 Å². The highest BCUT2D eigenvalue weighted by molar-refractivity contribution is 14.1. The Bertz CT molecular complexity index is 486. The number of fused-ring (bicyclic) bond motifs is 1. The molecule has 0 amide bonds. The smallest absolute Gasteiger partial charge is 0.416 e. The highest BCUT2D eigenvalue weighted by atomic mass is 127. The fourth-order valence-corrected chi connectivity index (χ4v) is 2.41. The first-order chi connectivity index (χ1) is 8.18. The van der Waals surface area contributed by atoms with Gasteiger partial charge in [0.25, 0.3) is 5.92 Å². The van der Waals surface area contributed by atoms with Gasteiger partial charge in [-0.3, -0.25) is 0 Å². The predicted molar refractivity (Wildman–Crippen MR) is 59.7 cm³/mol. The second-order valence-corrected chi connectivity index (χ2v) is 4.36. The molecule has 100 valence electrons. The quantitative estimate of drug-likeness (QED) is 0.596. The summed E-state index contributed by atoms with van der Waals surface area (Å²) in [7, 11) is 0. The average molecular weight is 380 g/mol. The van der Waals surface area contributed by atoms with Crippen molar-refractivity contribution in [2.75, 3.05) is 0 Å². The molecular formula is C10H6F5IO2. The monoisotopic (exact) mass is 380 g/mol. The molecule has 0 heterocycles. The number of aliphatic hydroxyl groups is 1. The van der Waals surface area contributed by atoms with Gasteiger partial charge in [-0.15, -0.1) is 0 Å². The van der Waals surface area contributed by atoms with Crippen LogP contribution in [0, 0.1) is 0 Å². The molecule has 0 aromatic heterocycles. The Balaban J connectivity index is 2.68. The summed E-state index contributed by atoms with van der Waals surface area (Å²) < 4.78 is 69.5. The number of benzene rings is 1. The molecule has 2 rings (SSSR count). The Hall–Kier alpha value is -0.640. The summed E-state index contributed by atoms with van der Waals surface area (Å²) in [6.07, 6.45) is -8.23. The summed E-state index contributed by atoms with van der Waals surface area (Å²) in [6, 6.07) is 1.61. The fraction of sp³-hybridized carbons (Fsp3) is 0.400. The van der Waals surface area contributed by atoms with Crippen LogP contribution in [0.2, 0.25) is 0 Å². The number of halogens is 6. The van der Waals surface area contributed by atoms with Gasteiger partial charge in [-0.1, -0.05) is 0 Å². The highest BCUT2D eigenvalue weighted by Gasteiger charge is 2.52. The molecule has 8 heteroatoms. The minimum atomic E-state index is -4.80. The van der Waals surface area contributed by atoms with Crippen LogP contribution in [0.5, 0.6) is 5.75 Å². The van der Waals surface area contributed by atoms with Gasteiger partial charge in [-0.2, -0.15) is 13.2 Å². The molecule has 1 aliphatic carbocycles. The minimum Gasteiger partial charge on any atom is -0.427 e. The van der Waals surface area contributed by atoms with E-state index < -0.39 is 35.8 Å². The van der Waals surface area contributed by atoms with Crippen molar-refractivity contribution < 1.29 is 30.1 Å². The Labute approximate surface area is 112 Å². The van der Waals surface area contributed by atoms with Crippen molar-refractivity contribution in [2.45, 2.75) is 24.6 Å². The Morgan fingerprint density at radius 1 is 1.33 bits per heavy atom. The number of hydrogen-bond donors (Lipinski definition) is 1. The lowest BCUT2D eigenvalue weighted by Crippen LogP contribution is -2.23. The lowest BCUT2D eigenvalue weighted by molar-refractivity contribution is -0.142. The Kier molecular flexibility index (Phi) is 3.21. The molecule has 18 heavy (non-hydrogen) atoms. The van der Waals surface area contributed by atoms with Gasteiger partial charge in [0.2, 0.25) is 0 Å². The minimum absolute atomic E-state index is 0.0881. The Morgan fingerprint density at radius 2 is 1.94 bits per heavy atom. The maximum absolute atomic E-state index is 13.3. The maximum Gasteiger partial charge on any atom is 0.416 e. The lowest BCUT2D eigenvalue weighted by Gasteiger charge is -2.17. The topological polar surface area (TPSA) is 29.5 Å². The number of aliphatic hydroxyl groups excluding tert-OH is 1. The van der Waals surface area contributed by atoms with Crippen LogP contribution in [0.3, 0.4) is 0 Å². The van der Waals surface area contributed by atoms with E-state index in [0.29, 0.717) is 6.07 Å². The van der Waals surface area contributed by atoms with Gasteiger partial charge in [0.05, 0.1) is 5.56 Å². The first kappa shape index (κ1) is 13.8. The highest BCUT2D eigenvalue weighted by Crippen LogP contribution is 2.51. The van der Waals surface area contributed by atoms with Gasteiger partial charge >= 0.3 is 6.18 Å². The Morgan fingerprint density at radius 3 is 2.44 bits per heavy atom. The van der Waals surface area contributed by atoms with Crippen molar-refractivity contribution in [3.8, 4) is 5.75 Å². The van der Waals surface area contributed by atoms with Crippen LogP contribution >= 0.6 is 23.0 Å². The average Bonchev–Trinajstić information content (AvgIpc) is 2.48. The zero-order chi connectivity index (χ0) is 13.7. The summed E-state index contributed by atoms with van der Waals surface area (Å²) in [5, 5.41) is 9.37. The van der Waals surface area contributed by atoms with Gasteiger partial charge < -0.3 is 8.17 Å². The molecule has 0 saturated carbocycles. The first-order valence-electron chi connectivity index (χ1n) is 4.76. The van der Waals surface area contributed by atoms with Crippen molar-refractivity contribution >= 4 is 23.0 Å². The summed E-state index contributed by atoms with van der Waals surface area (Å²) in [6.45, 7) is 0. The number of rotatable bonds is 1. The van der Waals surface area contributed by atoms with Crippen LogP contribution in [-0.4, -0.2) is 11.0 Å². The van der Waals surface area contributed by atoms with Crippen LogP contribution in [-0.2, 0) is 12.6 Å². The second kappa shape index (κ2) is 4.19. The molecule has 0 spiro atoms. The molecule has 1 aromatic carbocycles. The fourth-order valence-electron chi connectivity index (χ4n) is 2.00. The molecule has 0 fully saturated rings. The molecule has 0 saturated heterocycles. The molecule has 0 unspecified atom stereocenters. The summed E-state index contributed by atoms with van der Waals surface area (Å²) in [4.78, 5) is 0. The zero-order valence-corrected chi connectivity index (χ0v) is 10.7. The second-order valence-electron chi connectivity index (χ2n) is 3.92. The molecule has 1 N–H and O–H groups in total. The van der Waals surface area contributed by atoms with E-state index in [1.54, 1.807) is 0 Å². The van der Waals surface area contributed by atoms with E-state index in [2.05, 4.69) is 0 Å². The normalized spacial score (nSPS) is 21.8. The maximum atomic E-state index is 13.3. The van der Waals surface area contributed by atoms with Gasteiger partial charge in [-0.25, -0.2) is 8.78 Å². The van der Waals surface area contributed by atoms with Gasteiger partial charge in [-0.05, 0) is 12.1 Å². The molecule has 0 bridgehead atoms. The predicted octanol–water partition coefficient (Wildman–Crippen LogP) is 3.66. The van der Waals surface area contributed by atoms with Crippen molar-refractivity contribution in [1.82, 2.24) is 0 Å². The zero-order valence-electron chi connectivity index (χ0n) is 8.56. The molecular weight excluding hydrogens is 374 g/mol. The van der Waals surface area contributed by atoms with Crippen molar-refractivity contribution in [2.24, 2.45) is 0 Å². The van der Waals surface area contributed by atoms with Crippen molar-refractivity contribution in [3.05, 3.63) is 28.8 Å². The van der Waals surface area contributed by atoms with Crippen molar-refractivity contribution in [1.29, 1.82) is 0 Å². The standard InChI is InChI=1S/C10H6F5IO2/c11-9(12)3-4-6(18-16)2-1-5(10(13,14)15)7(4)8(9)17/h1-2,8,17H,3H2/t8-/m0/s1. The summed E-state index contributed by atoms with van der Waals surface area (Å²) in [5.41, 5.74) is -2.34. The van der Waals surface area contributed by atoms with Gasteiger partial charge in [0.15, 0.2) is 23.0 Å². The van der Waals surface area contributed by atoms with Crippen LogP contribution in [0.1, 0.15) is 22.8 Å². The molecule has 2 nitrogen and oxygen atoms in total. The molecule has 0 radical (unpaired) electrons. The first-order valence-corrected chi connectivity index (χ1v) is 5.64. The largest absolute Gasteiger partial charge is 0.427 e. The third-order valence-corrected chi connectivity index (χ3v) is 3.26. The molecule has 1 aliphatic rings. The van der Waals surface area contributed by atoms with Gasteiger partial charge in [0.1, 0.15) is 11.9 Å². The van der Waals surface area contributed by atoms with E-state index in [9.17, 15) is 27.1 Å². The van der Waals surface area contributed by atoms with E-state index in [1.165, 1.54) is 23.0 Å². The van der Waals surface area contributed by atoms with Crippen LogP contribution in [0.4, 0.5) is 22.0 Å². The SMILES string of the molecule is O[C@H]1c2c(C(F)(F)F)ccc(OI)c2CC1(F)F. The lowest BCUT2D eigenvalue weighted by atomic mass is 10.0. The van der Waals surface area contributed by atoms with Crippen LogP contribution in [0.25, 0.3) is 0 Å². The van der Waals surface area contributed by atoms with Crippen LogP contribution < -0.4 is 3.07 Å². The molecule has 1 atom stereocenters. The van der Waals surface area contributed by atoms with E-state index in [1.807, 2.05) is 0 Å². The molecule has 0 aliphatic heterocycles. The summed E-state index contributed by atoms with van der Waals surface area (Å²) >= 11 is 1.39. The third kappa shape index (κ3) is 2.04. The summed E-state index contributed by atoms with van der Waals surface area (Å²) in [5.74, 6) is -3.71. The van der Waals surface area contributed by atoms with E-state index in [0.717, 1.165) is 6.07 Å². The third-order valence-electron chi connectivity index (χ3n) is 2.79. The number of hydrogen-bond acceptors (Lipinski definition) is 2. The van der Waals surface area contributed by atoms with Gasteiger partial charge in [0, 0.05) is 17.5 Å². The van der Waals surface area contributed by atoms with Crippen LogP contribution in [0.15, 0.2) is 12.1 Å². The van der Waals surface area contributed by atoms with E-state index in [4.69, 9.17) is 3.07 Å².